The van der Waals surface area contributed by atoms with Crippen molar-refractivity contribution in [2.45, 2.75) is 26.9 Å². The summed E-state index contributed by atoms with van der Waals surface area (Å²) in [5.74, 6) is 0.245. The van der Waals surface area contributed by atoms with Crippen molar-refractivity contribution >= 4 is 46.1 Å². The van der Waals surface area contributed by atoms with E-state index >= 15 is 0 Å². The van der Waals surface area contributed by atoms with Gasteiger partial charge in [-0.05, 0) is 55.1 Å². The predicted octanol–water partition coefficient (Wildman–Crippen LogP) is 4.10. The van der Waals surface area contributed by atoms with Crippen LogP contribution in [-0.2, 0) is 0 Å². The number of hydrogen-bond acceptors (Lipinski definition) is 10. The molecule has 5 aromatic rings. The average molecular weight is 494 g/mol. The van der Waals surface area contributed by atoms with Gasteiger partial charge in [-0.15, -0.1) is 0 Å². The Labute approximate surface area is 200 Å². The Morgan fingerprint density at radius 1 is 1.12 bits per heavy atom. The number of nitrogens with one attached hydrogen (secondary N) is 2. The summed E-state index contributed by atoms with van der Waals surface area (Å²) in [6.07, 6.45) is 6.78. The second kappa shape index (κ2) is 9.52. The van der Waals surface area contributed by atoms with Crippen molar-refractivity contribution in [3.8, 4) is 5.69 Å². The average Bonchev–Trinajstić information content (AvgIpc) is 3.59. The summed E-state index contributed by atoms with van der Waals surface area (Å²) in [5, 5.41) is 11.0. The van der Waals surface area contributed by atoms with Gasteiger partial charge in [0.15, 0.2) is 5.16 Å². The molecule has 33 heavy (non-hydrogen) atoms. The van der Waals surface area contributed by atoms with Gasteiger partial charge in [0, 0.05) is 39.4 Å². The van der Waals surface area contributed by atoms with Crippen LogP contribution in [0.25, 0.3) is 5.69 Å². The molecule has 2 N–H and O–H groups in total. The van der Waals surface area contributed by atoms with E-state index in [0.717, 1.165) is 22.1 Å². The highest BCUT2D eigenvalue weighted by molar-refractivity contribution is 7.99. The number of amides is 1. The van der Waals surface area contributed by atoms with Gasteiger partial charge in [-0.1, -0.05) is 11.8 Å². The number of benzene rings is 1. The first-order valence-corrected chi connectivity index (χ1v) is 12.0. The predicted molar refractivity (Wildman–Crippen MR) is 125 cm³/mol. The lowest BCUT2D eigenvalue weighted by atomic mass is 10.3. The molecule has 164 valence electrons. The van der Waals surface area contributed by atoms with Crippen LogP contribution in [0.3, 0.4) is 0 Å². The molecule has 0 saturated heterocycles. The normalized spacial score (nSPS) is 10.9. The van der Waals surface area contributed by atoms with Gasteiger partial charge in [0.2, 0.25) is 5.13 Å². The minimum atomic E-state index is -0.358. The Balaban J connectivity index is 1.42. The maximum atomic E-state index is 13.1. The van der Waals surface area contributed by atoms with Gasteiger partial charge >= 0.3 is 0 Å². The monoisotopic (exact) mass is 493 g/mol. The standard InChI is InChI=1S/C20H15N9OS3/c1-12-24-20(33-28-12)26-18(30)17-15(6-7-16(25-17)32-19-22-10-23-27-19)31-14-4-2-13(3-5-14)29-9-8-21-11-29/h2-11H,1H3,(H,22,23,27)(H,24,26,28,30). The highest BCUT2D eigenvalue weighted by Gasteiger charge is 2.18. The summed E-state index contributed by atoms with van der Waals surface area (Å²) < 4.78 is 6.04. The highest BCUT2D eigenvalue weighted by atomic mass is 32.2. The van der Waals surface area contributed by atoms with E-state index in [1.165, 1.54) is 29.9 Å². The van der Waals surface area contributed by atoms with Gasteiger partial charge in [-0.25, -0.2) is 19.9 Å². The largest absolute Gasteiger partial charge is 0.306 e. The summed E-state index contributed by atoms with van der Waals surface area (Å²) in [6.45, 7) is 1.77. The molecule has 0 saturated carbocycles. The first-order valence-electron chi connectivity index (χ1n) is 9.56. The first kappa shape index (κ1) is 21.3. The Kier molecular flexibility index (Phi) is 6.15. The fourth-order valence-electron chi connectivity index (χ4n) is 2.80. The van der Waals surface area contributed by atoms with Crippen molar-refractivity contribution in [3.05, 3.63) is 73.0 Å². The number of pyridine rings is 1. The van der Waals surface area contributed by atoms with E-state index in [-0.39, 0.29) is 11.6 Å². The molecule has 0 unspecified atom stereocenters. The zero-order valence-corrected chi connectivity index (χ0v) is 19.5. The molecule has 10 nitrogen and oxygen atoms in total. The number of anilines is 1. The highest BCUT2D eigenvalue weighted by Crippen LogP contribution is 2.33. The molecule has 13 heteroatoms. The first-order chi connectivity index (χ1) is 16.1. The van der Waals surface area contributed by atoms with Crippen molar-refractivity contribution in [2.75, 3.05) is 5.32 Å². The van der Waals surface area contributed by atoms with Gasteiger partial charge in [-0.3, -0.25) is 15.2 Å². The molecule has 0 spiro atoms. The fourth-order valence-corrected chi connectivity index (χ4v) is 4.94. The van der Waals surface area contributed by atoms with Crippen molar-refractivity contribution in [3.63, 3.8) is 0 Å². The molecule has 5 rings (SSSR count). The Bertz CT molecular complexity index is 1370. The van der Waals surface area contributed by atoms with Crippen molar-refractivity contribution in [1.29, 1.82) is 0 Å². The number of hydrogen-bond donors (Lipinski definition) is 2. The van der Waals surface area contributed by atoms with E-state index in [4.69, 9.17) is 0 Å². The lowest BCUT2D eigenvalue weighted by Gasteiger charge is -2.10. The molecule has 0 aliphatic rings. The molecule has 0 radical (unpaired) electrons. The van der Waals surface area contributed by atoms with Gasteiger partial charge < -0.3 is 4.57 Å². The third-order valence-electron chi connectivity index (χ3n) is 4.26. The van der Waals surface area contributed by atoms with E-state index in [1.54, 1.807) is 19.4 Å². The van der Waals surface area contributed by atoms with Gasteiger partial charge in [0.1, 0.15) is 22.9 Å². The van der Waals surface area contributed by atoms with E-state index < -0.39 is 0 Å². The summed E-state index contributed by atoms with van der Waals surface area (Å²) in [7, 11) is 0. The van der Waals surface area contributed by atoms with Crippen LogP contribution in [0.4, 0.5) is 5.13 Å². The lowest BCUT2D eigenvalue weighted by molar-refractivity contribution is 0.101. The molecule has 0 fully saturated rings. The van der Waals surface area contributed by atoms with Crippen LogP contribution in [0, 0.1) is 6.92 Å². The summed E-state index contributed by atoms with van der Waals surface area (Å²) in [6, 6.07) is 11.7. The number of nitrogens with zero attached hydrogens (tertiary/aromatic N) is 7. The number of carbonyl (C=O) groups excluding carboxylic acids is 1. The van der Waals surface area contributed by atoms with E-state index in [2.05, 4.69) is 39.8 Å². The maximum Gasteiger partial charge on any atom is 0.277 e. The quantitative estimate of drug-likeness (QED) is 0.344. The molecular formula is C20H15N9OS3. The number of aromatic amines is 1. The zero-order valence-electron chi connectivity index (χ0n) is 17.0. The molecule has 0 aliphatic carbocycles. The minimum Gasteiger partial charge on any atom is -0.306 e. The Morgan fingerprint density at radius 2 is 2.00 bits per heavy atom. The van der Waals surface area contributed by atoms with Gasteiger partial charge in [0.05, 0.1) is 6.33 Å². The number of imidazole rings is 1. The van der Waals surface area contributed by atoms with Crippen LogP contribution in [-0.4, -0.2) is 45.0 Å². The summed E-state index contributed by atoms with van der Waals surface area (Å²) in [5.41, 5.74) is 1.29. The molecule has 0 atom stereocenters. The van der Waals surface area contributed by atoms with Gasteiger partial charge in [-0.2, -0.15) is 9.47 Å². The smallest absolute Gasteiger partial charge is 0.277 e. The molecule has 1 aromatic carbocycles. The third-order valence-corrected chi connectivity index (χ3v) is 6.86. The molecule has 0 aliphatic heterocycles. The third kappa shape index (κ3) is 5.10. The molecule has 4 aromatic heterocycles. The van der Waals surface area contributed by atoms with Crippen molar-refractivity contribution in [1.82, 2.24) is 39.1 Å². The number of rotatable bonds is 7. The molecular weight excluding hydrogens is 478 g/mol. The van der Waals surface area contributed by atoms with Crippen LogP contribution in [0.1, 0.15) is 16.3 Å². The topological polar surface area (TPSA) is 127 Å². The molecule has 1 amide bonds. The summed E-state index contributed by atoms with van der Waals surface area (Å²) >= 11 is 3.87. The minimum absolute atomic E-state index is 0.288. The van der Waals surface area contributed by atoms with E-state index in [0.29, 0.717) is 26.0 Å². The second-order valence-corrected chi connectivity index (χ2v) is 9.43. The molecule has 0 bridgehead atoms. The second-order valence-electron chi connectivity index (χ2n) is 6.56. The van der Waals surface area contributed by atoms with E-state index in [1.807, 2.05) is 47.2 Å². The van der Waals surface area contributed by atoms with Crippen LogP contribution in [0.2, 0.25) is 0 Å². The van der Waals surface area contributed by atoms with Crippen LogP contribution in [0.15, 0.2) is 81.4 Å². The van der Waals surface area contributed by atoms with E-state index in [9.17, 15) is 4.79 Å². The number of H-pyrrole nitrogens is 1. The van der Waals surface area contributed by atoms with Crippen molar-refractivity contribution in [2.24, 2.45) is 0 Å². The van der Waals surface area contributed by atoms with Gasteiger partial charge in [0.25, 0.3) is 5.91 Å². The molecule has 4 heterocycles. The van der Waals surface area contributed by atoms with Crippen LogP contribution >= 0.6 is 35.1 Å². The van der Waals surface area contributed by atoms with Crippen LogP contribution in [0.5, 0.6) is 0 Å². The number of carbonyl (C=O) groups is 1. The zero-order chi connectivity index (χ0) is 22.6. The van der Waals surface area contributed by atoms with Crippen molar-refractivity contribution < 1.29 is 4.79 Å². The fraction of sp³-hybridized carbons (Fsp3) is 0.0500. The number of aromatic nitrogens is 8. The maximum absolute atomic E-state index is 13.1. The SMILES string of the molecule is Cc1nsc(NC(=O)c2nc(Sc3ncn[nH]3)ccc2Sc2ccc(-n3ccnc3)cc2)n1. The Morgan fingerprint density at radius 3 is 2.70 bits per heavy atom. The Hall–Kier alpha value is -3.55. The van der Waals surface area contributed by atoms with Crippen LogP contribution < -0.4 is 5.32 Å². The lowest BCUT2D eigenvalue weighted by Crippen LogP contribution is -2.15. The summed E-state index contributed by atoms with van der Waals surface area (Å²) in [4.78, 5) is 31.8. The number of aryl methyl sites for hydroxylation is 1.